The zero-order chi connectivity index (χ0) is 15.4. The van der Waals surface area contributed by atoms with Crippen molar-refractivity contribution in [2.75, 3.05) is 12.4 Å². The highest BCUT2D eigenvalue weighted by Crippen LogP contribution is 2.27. The Morgan fingerprint density at radius 2 is 2.10 bits per heavy atom. The highest BCUT2D eigenvalue weighted by atomic mass is 35.5. The van der Waals surface area contributed by atoms with Crippen LogP contribution in [0.2, 0.25) is 10.2 Å². The van der Waals surface area contributed by atoms with Gasteiger partial charge in [0.2, 0.25) is 0 Å². The molecule has 0 saturated heterocycles. The summed E-state index contributed by atoms with van der Waals surface area (Å²) in [5, 5.41) is 12.8. The third-order valence-electron chi connectivity index (χ3n) is 2.82. The predicted octanol–water partition coefficient (Wildman–Crippen LogP) is 3.71. The Labute approximate surface area is 131 Å². The van der Waals surface area contributed by atoms with Crippen LogP contribution in [-0.2, 0) is 6.54 Å². The molecule has 0 saturated carbocycles. The van der Waals surface area contributed by atoms with Gasteiger partial charge in [0.15, 0.2) is 0 Å². The summed E-state index contributed by atoms with van der Waals surface area (Å²) < 4.78 is 5.23. The maximum absolute atomic E-state index is 11.2. The monoisotopic (exact) mass is 326 g/mol. The van der Waals surface area contributed by atoms with Gasteiger partial charge in [0.05, 0.1) is 7.11 Å². The summed E-state index contributed by atoms with van der Waals surface area (Å²) in [5.41, 5.74) is 0.741. The molecule has 0 fully saturated rings. The van der Waals surface area contributed by atoms with E-state index in [9.17, 15) is 4.79 Å². The van der Waals surface area contributed by atoms with Crippen molar-refractivity contribution in [2.45, 2.75) is 6.54 Å². The number of halogens is 2. The number of aromatic nitrogens is 1. The molecule has 110 valence electrons. The van der Waals surface area contributed by atoms with Gasteiger partial charge in [-0.15, -0.1) is 0 Å². The third kappa shape index (κ3) is 3.56. The molecule has 5 nitrogen and oxygen atoms in total. The summed E-state index contributed by atoms with van der Waals surface area (Å²) >= 11 is 11.9. The van der Waals surface area contributed by atoms with Crippen molar-refractivity contribution in [1.82, 2.24) is 4.98 Å². The van der Waals surface area contributed by atoms with Crippen molar-refractivity contribution in [2.24, 2.45) is 0 Å². The lowest BCUT2D eigenvalue weighted by Gasteiger charge is -2.13. The maximum Gasteiger partial charge on any atom is 0.339 e. The normalized spacial score (nSPS) is 10.2. The van der Waals surface area contributed by atoms with Gasteiger partial charge in [-0.2, -0.15) is 0 Å². The zero-order valence-electron chi connectivity index (χ0n) is 11.1. The first-order valence-electron chi connectivity index (χ1n) is 5.98. The van der Waals surface area contributed by atoms with E-state index in [-0.39, 0.29) is 23.1 Å². The molecule has 7 heteroatoms. The van der Waals surface area contributed by atoms with Gasteiger partial charge in [0.25, 0.3) is 0 Å². The van der Waals surface area contributed by atoms with E-state index >= 15 is 0 Å². The number of benzene rings is 1. The minimum atomic E-state index is -1.09. The molecule has 2 aromatic rings. The number of carboxylic acids is 1. The standard InChI is InChI=1S/C14H12Cl2N2O3/c1-21-11-4-2-3-10(15)9(11)7-17-13-8(14(19)20)5-6-12(16)18-13/h2-6H,7H2,1H3,(H,17,18)(H,19,20). The Hall–Kier alpha value is -1.98. The second-order valence-corrected chi connectivity index (χ2v) is 4.90. The lowest BCUT2D eigenvalue weighted by molar-refractivity contribution is 0.0697. The van der Waals surface area contributed by atoms with Crippen LogP contribution in [0.4, 0.5) is 5.82 Å². The number of hydrogen-bond acceptors (Lipinski definition) is 4. The van der Waals surface area contributed by atoms with Crippen molar-refractivity contribution in [3.8, 4) is 5.75 Å². The average molecular weight is 327 g/mol. The topological polar surface area (TPSA) is 71.5 Å². The van der Waals surface area contributed by atoms with E-state index in [2.05, 4.69) is 10.3 Å². The first-order chi connectivity index (χ1) is 10.0. The smallest absolute Gasteiger partial charge is 0.339 e. The Balaban J connectivity index is 2.28. The quantitative estimate of drug-likeness (QED) is 0.819. The van der Waals surface area contributed by atoms with E-state index in [1.807, 2.05) is 0 Å². The van der Waals surface area contributed by atoms with Gasteiger partial charge in [-0.1, -0.05) is 29.3 Å². The largest absolute Gasteiger partial charge is 0.496 e. The SMILES string of the molecule is COc1cccc(Cl)c1CNc1nc(Cl)ccc1C(=O)O. The van der Waals surface area contributed by atoms with Crippen LogP contribution in [-0.4, -0.2) is 23.2 Å². The van der Waals surface area contributed by atoms with E-state index in [4.69, 9.17) is 33.0 Å². The first kappa shape index (κ1) is 15.4. The van der Waals surface area contributed by atoms with E-state index in [1.165, 1.54) is 19.2 Å². The predicted molar refractivity (Wildman–Crippen MR) is 81.5 cm³/mol. The summed E-state index contributed by atoms with van der Waals surface area (Å²) in [6.45, 7) is 0.260. The minimum absolute atomic E-state index is 0.0328. The van der Waals surface area contributed by atoms with Gasteiger partial charge in [-0.25, -0.2) is 9.78 Å². The van der Waals surface area contributed by atoms with Crippen molar-refractivity contribution < 1.29 is 14.6 Å². The Kier molecular flexibility index (Phi) is 4.88. The van der Waals surface area contributed by atoms with Gasteiger partial charge in [-0.3, -0.25) is 0 Å². The lowest BCUT2D eigenvalue weighted by Crippen LogP contribution is -2.09. The van der Waals surface area contributed by atoms with Crippen LogP contribution >= 0.6 is 23.2 Å². The van der Waals surface area contributed by atoms with Gasteiger partial charge in [0, 0.05) is 17.1 Å². The molecule has 0 unspecified atom stereocenters. The van der Waals surface area contributed by atoms with Crippen LogP contribution in [0.5, 0.6) is 5.75 Å². The molecule has 0 aliphatic rings. The molecule has 21 heavy (non-hydrogen) atoms. The number of rotatable bonds is 5. The molecule has 0 spiro atoms. The number of pyridine rings is 1. The van der Waals surface area contributed by atoms with Crippen LogP contribution in [0, 0.1) is 0 Å². The third-order valence-corrected chi connectivity index (χ3v) is 3.38. The number of methoxy groups -OCH3 is 1. The van der Waals surface area contributed by atoms with E-state index < -0.39 is 5.97 Å². The lowest BCUT2D eigenvalue weighted by atomic mass is 10.2. The molecule has 0 radical (unpaired) electrons. The van der Waals surface area contributed by atoms with Crippen LogP contribution in [0.1, 0.15) is 15.9 Å². The van der Waals surface area contributed by atoms with Gasteiger partial charge < -0.3 is 15.2 Å². The molecule has 0 bridgehead atoms. The number of carboxylic acid groups (broad SMARTS) is 1. The summed E-state index contributed by atoms with van der Waals surface area (Å²) in [7, 11) is 1.54. The molecule has 0 aliphatic heterocycles. The van der Waals surface area contributed by atoms with Crippen molar-refractivity contribution in [3.05, 3.63) is 51.6 Å². The van der Waals surface area contributed by atoms with E-state index in [1.54, 1.807) is 18.2 Å². The molecule has 0 atom stereocenters. The number of carbonyl (C=O) groups is 1. The number of ether oxygens (including phenoxy) is 1. The highest BCUT2D eigenvalue weighted by Gasteiger charge is 2.14. The number of aromatic carboxylic acids is 1. The Morgan fingerprint density at radius 1 is 1.33 bits per heavy atom. The first-order valence-corrected chi connectivity index (χ1v) is 6.73. The summed E-state index contributed by atoms with van der Waals surface area (Å²) in [5.74, 6) is -0.307. The van der Waals surface area contributed by atoms with Gasteiger partial charge in [0.1, 0.15) is 22.3 Å². The number of nitrogens with one attached hydrogen (secondary N) is 1. The average Bonchev–Trinajstić information content (AvgIpc) is 2.45. The van der Waals surface area contributed by atoms with Crippen LogP contribution in [0.15, 0.2) is 30.3 Å². The van der Waals surface area contributed by atoms with Gasteiger partial charge >= 0.3 is 5.97 Å². The molecule has 1 heterocycles. The fraction of sp³-hybridized carbons (Fsp3) is 0.143. The van der Waals surface area contributed by atoms with Crippen LogP contribution < -0.4 is 10.1 Å². The molecular weight excluding hydrogens is 315 g/mol. The fourth-order valence-electron chi connectivity index (χ4n) is 1.82. The molecule has 2 N–H and O–H groups in total. The van der Waals surface area contributed by atoms with Gasteiger partial charge in [-0.05, 0) is 24.3 Å². The highest BCUT2D eigenvalue weighted by molar-refractivity contribution is 6.31. The second-order valence-electron chi connectivity index (χ2n) is 4.11. The van der Waals surface area contributed by atoms with Crippen LogP contribution in [0.3, 0.4) is 0 Å². The van der Waals surface area contributed by atoms with E-state index in [0.717, 1.165) is 0 Å². The van der Waals surface area contributed by atoms with Crippen LogP contribution in [0.25, 0.3) is 0 Å². The molecule has 0 aliphatic carbocycles. The van der Waals surface area contributed by atoms with E-state index in [0.29, 0.717) is 16.3 Å². The molecular formula is C14H12Cl2N2O3. The molecule has 1 aromatic heterocycles. The minimum Gasteiger partial charge on any atom is -0.496 e. The number of nitrogens with zero attached hydrogens (tertiary/aromatic N) is 1. The van der Waals surface area contributed by atoms with Crippen molar-refractivity contribution in [3.63, 3.8) is 0 Å². The van der Waals surface area contributed by atoms with Crippen molar-refractivity contribution >= 4 is 35.0 Å². The Bertz CT molecular complexity index is 677. The Morgan fingerprint density at radius 3 is 2.76 bits per heavy atom. The summed E-state index contributed by atoms with van der Waals surface area (Å²) in [4.78, 5) is 15.1. The zero-order valence-corrected chi connectivity index (χ0v) is 12.6. The number of hydrogen-bond donors (Lipinski definition) is 2. The molecule has 2 rings (SSSR count). The second kappa shape index (κ2) is 6.65. The molecule has 0 amide bonds. The molecule has 1 aromatic carbocycles. The maximum atomic E-state index is 11.2. The van der Waals surface area contributed by atoms with Crippen molar-refractivity contribution in [1.29, 1.82) is 0 Å². The summed E-state index contributed by atoms with van der Waals surface area (Å²) in [6, 6.07) is 8.08. The number of anilines is 1. The summed E-state index contributed by atoms with van der Waals surface area (Å²) in [6.07, 6.45) is 0. The fourth-order valence-corrected chi connectivity index (χ4v) is 2.20.